The van der Waals surface area contributed by atoms with Crippen molar-refractivity contribution >= 4 is 17.7 Å². The van der Waals surface area contributed by atoms with Gasteiger partial charge < -0.3 is 14.6 Å². The molecule has 0 bridgehead atoms. The first-order valence-corrected chi connectivity index (χ1v) is 11.8. The van der Waals surface area contributed by atoms with Crippen LogP contribution < -0.4 is 5.11 Å². The van der Waals surface area contributed by atoms with Crippen LogP contribution in [0.4, 0.5) is 0 Å². The van der Waals surface area contributed by atoms with Gasteiger partial charge in [0.25, 0.3) is 0 Å². The van der Waals surface area contributed by atoms with Crippen molar-refractivity contribution < 1.29 is 24.2 Å². The lowest BCUT2D eigenvalue weighted by Gasteiger charge is -2.60. The number of fused-ring (bicyclic) bond motifs is 5. The number of hydrogen-bond acceptors (Lipinski definition) is 5. The third kappa shape index (κ3) is 3.52. The van der Waals surface area contributed by atoms with Gasteiger partial charge in [0.15, 0.2) is 5.78 Å². The molecule has 0 aromatic carbocycles. The average Bonchev–Trinajstić information content (AvgIpc) is 3.04. The minimum absolute atomic E-state index is 0.0575. The van der Waals surface area contributed by atoms with Gasteiger partial charge in [-0.25, -0.2) is 0 Å². The summed E-state index contributed by atoms with van der Waals surface area (Å²) in [5, 5.41) is 10.6. The molecule has 4 aliphatic carbocycles. The Morgan fingerprint density at radius 3 is 2.53 bits per heavy atom. The van der Waals surface area contributed by atoms with Crippen LogP contribution in [0.2, 0.25) is 0 Å². The molecule has 0 aromatic heterocycles. The van der Waals surface area contributed by atoms with E-state index in [1.54, 1.807) is 6.92 Å². The quantitative estimate of drug-likeness (QED) is 0.641. The van der Waals surface area contributed by atoms with Crippen molar-refractivity contribution in [3.8, 4) is 0 Å². The standard InChI is InChI=1S/C25H36O5/c1-15(26)19-6-7-20-18-5-4-16-14-17(30-23(29)9-8-22(27)28)10-12-24(16,2)21(18)11-13-25(19,20)3/h6,16-18,20-21H,4-5,7-14H2,1-3H3,(H,27,28)/p-1/t16-,17-,18+,20+,21-,24-,25+/m0/s1. The first-order chi connectivity index (χ1) is 14.1. The van der Waals surface area contributed by atoms with Crippen molar-refractivity contribution in [3.63, 3.8) is 0 Å². The lowest BCUT2D eigenvalue weighted by molar-refractivity contribution is -0.305. The third-order valence-electron chi connectivity index (χ3n) is 9.41. The Labute approximate surface area is 179 Å². The Bertz CT molecular complexity index is 770. The number of carbonyl (C=O) groups excluding carboxylic acids is 3. The molecule has 0 N–H and O–H groups in total. The van der Waals surface area contributed by atoms with E-state index in [2.05, 4.69) is 19.9 Å². The van der Waals surface area contributed by atoms with Crippen LogP contribution in [0.25, 0.3) is 0 Å². The van der Waals surface area contributed by atoms with E-state index in [4.69, 9.17) is 4.74 Å². The zero-order valence-electron chi connectivity index (χ0n) is 18.6. The number of Topliss-reactive ketones (excluding diaryl/α,β-unsaturated/α-hetero) is 1. The second-order valence-electron chi connectivity index (χ2n) is 10.8. The lowest BCUT2D eigenvalue weighted by Crippen LogP contribution is -2.54. The van der Waals surface area contributed by atoms with Gasteiger partial charge >= 0.3 is 5.97 Å². The van der Waals surface area contributed by atoms with Crippen molar-refractivity contribution in [2.24, 2.45) is 34.5 Å². The number of hydrogen-bond donors (Lipinski definition) is 0. The van der Waals surface area contributed by atoms with E-state index >= 15 is 0 Å². The van der Waals surface area contributed by atoms with E-state index in [0.29, 0.717) is 23.7 Å². The maximum atomic E-state index is 12.2. The molecular weight excluding hydrogens is 380 g/mol. The van der Waals surface area contributed by atoms with Crippen LogP contribution in [-0.4, -0.2) is 23.8 Å². The molecule has 5 nitrogen and oxygen atoms in total. The van der Waals surface area contributed by atoms with Crippen LogP contribution in [0.15, 0.2) is 11.6 Å². The van der Waals surface area contributed by atoms with E-state index in [1.807, 2.05) is 0 Å². The fourth-order valence-electron chi connectivity index (χ4n) is 7.89. The predicted octanol–water partition coefficient (Wildman–Crippen LogP) is 3.60. The molecular formula is C25H35O5-. The van der Waals surface area contributed by atoms with Gasteiger partial charge in [0, 0.05) is 5.97 Å². The Kier molecular flexibility index (Phi) is 5.61. The third-order valence-corrected chi connectivity index (χ3v) is 9.41. The van der Waals surface area contributed by atoms with Gasteiger partial charge in [-0.05, 0) is 105 Å². The van der Waals surface area contributed by atoms with E-state index in [9.17, 15) is 19.5 Å². The number of esters is 1. The van der Waals surface area contributed by atoms with Crippen molar-refractivity contribution in [3.05, 3.63) is 11.6 Å². The fourth-order valence-corrected chi connectivity index (χ4v) is 7.89. The molecule has 0 unspecified atom stereocenters. The average molecular weight is 416 g/mol. The van der Waals surface area contributed by atoms with Crippen LogP contribution in [-0.2, 0) is 19.1 Å². The number of rotatable bonds is 5. The molecule has 3 fully saturated rings. The molecule has 4 rings (SSSR count). The number of ketones is 1. The fraction of sp³-hybridized carbons (Fsp3) is 0.800. The van der Waals surface area contributed by atoms with Crippen LogP contribution in [0.1, 0.15) is 85.0 Å². The maximum Gasteiger partial charge on any atom is 0.306 e. The topological polar surface area (TPSA) is 83.5 Å². The number of allylic oxidation sites excluding steroid dienone is 2. The number of aliphatic carboxylic acids is 1. The monoisotopic (exact) mass is 415 g/mol. The molecule has 3 saturated carbocycles. The molecule has 0 heterocycles. The summed E-state index contributed by atoms with van der Waals surface area (Å²) in [5.41, 5.74) is 1.41. The summed E-state index contributed by atoms with van der Waals surface area (Å²) in [6.07, 6.45) is 10.3. The molecule has 5 heteroatoms. The Balaban J connectivity index is 1.42. The van der Waals surface area contributed by atoms with E-state index < -0.39 is 11.9 Å². The van der Waals surface area contributed by atoms with Gasteiger partial charge in [-0.3, -0.25) is 9.59 Å². The second-order valence-corrected chi connectivity index (χ2v) is 10.8. The zero-order valence-corrected chi connectivity index (χ0v) is 18.6. The molecule has 0 spiro atoms. The van der Waals surface area contributed by atoms with Crippen molar-refractivity contribution in [1.82, 2.24) is 0 Å². The van der Waals surface area contributed by atoms with Gasteiger partial charge in [0.05, 0.1) is 6.42 Å². The number of carboxylic acid groups (broad SMARTS) is 1. The van der Waals surface area contributed by atoms with Crippen LogP contribution in [0.5, 0.6) is 0 Å². The van der Waals surface area contributed by atoms with Crippen molar-refractivity contribution in [2.45, 2.75) is 91.1 Å². The minimum Gasteiger partial charge on any atom is -0.550 e. The molecule has 166 valence electrons. The summed E-state index contributed by atoms with van der Waals surface area (Å²) in [4.78, 5) is 34.8. The molecule has 30 heavy (non-hydrogen) atoms. The largest absolute Gasteiger partial charge is 0.550 e. The number of carbonyl (C=O) groups is 3. The summed E-state index contributed by atoms with van der Waals surface area (Å²) in [6.45, 7) is 6.50. The molecule has 0 radical (unpaired) electrons. The lowest BCUT2D eigenvalue weighted by atomic mass is 9.44. The highest BCUT2D eigenvalue weighted by Gasteiger charge is 2.59. The van der Waals surface area contributed by atoms with Gasteiger partial charge in [0.2, 0.25) is 0 Å². The molecule has 0 aromatic rings. The molecule has 7 atom stereocenters. The highest BCUT2D eigenvalue weighted by Crippen LogP contribution is 2.66. The zero-order chi connectivity index (χ0) is 21.7. The molecule has 0 saturated heterocycles. The molecule has 0 aliphatic heterocycles. The molecule has 4 aliphatic rings. The summed E-state index contributed by atoms with van der Waals surface area (Å²) in [7, 11) is 0. The summed E-state index contributed by atoms with van der Waals surface area (Å²) < 4.78 is 5.62. The van der Waals surface area contributed by atoms with Crippen LogP contribution in [0, 0.1) is 34.5 Å². The van der Waals surface area contributed by atoms with Gasteiger partial charge in [-0.1, -0.05) is 19.9 Å². The van der Waals surface area contributed by atoms with Gasteiger partial charge in [0.1, 0.15) is 6.10 Å². The van der Waals surface area contributed by atoms with Gasteiger partial charge in [-0.15, -0.1) is 0 Å². The smallest absolute Gasteiger partial charge is 0.306 e. The summed E-state index contributed by atoms with van der Waals surface area (Å²) in [5.74, 6) is 1.14. The minimum atomic E-state index is -1.21. The first-order valence-electron chi connectivity index (χ1n) is 11.8. The molecule has 0 amide bonds. The Morgan fingerprint density at radius 1 is 1.07 bits per heavy atom. The maximum absolute atomic E-state index is 12.2. The first kappa shape index (κ1) is 21.6. The Morgan fingerprint density at radius 2 is 1.83 bits per heavy atom. The normalized spacial score (nSPS) is 42.4. The highest BCUT2D eigenvalue weighted by atomic mass is 16.5. The van der Waals surface area contributed by atoms with Gasteiger partial charge in [-0.2, -0.15) is 0 Å². The second kappa shape index (κ2) is 7.80. The van der Waals surface area contributed by atoms with Crippen LogP contribution >= 0.6 is 0 Å². The number of ether oxygens (including phenoxy) is 1. The SMILES string of the molecule is CC(=O)C1=CC[C@@H]2[C@H]3CC[C@H]4C[C@@H](OC(=O)CCC(=O)[O-])CC[C@]4(C)[C@H]3CC[C@]12C. The van der Waals surface area contributed by atoms with Crippen molar-refractivity contribution in [1.29, 1.82) is 0 Å². The summed E-state index contributed by atoms with van der Waals surface area (Å²) >= 11 is 0. The van der Waals surface area contributed by atoms with Crippen molar-refractivity contribution in [2.75, 3.05) is 0 Å². The van der Waals surface area contributed by atoms with E-state index in [1.165, 1.54) is 12.8 Å². The van der Waals surface area contributed by atoms with E-state index in [0.717, 1.165) is 44.1 Å². The summed E-state index contributed by atoms with van der Waals surface area (Å²) in [6, 6.07) is 0. The predicted molar refractivity (Wildman–Crippen MR) is 110 cm³/mol. The number of carboxylic acids is 1. The Hall–Kier alpha value is -1.65. The van der Waals surface area contributed by atoms with E-state index in [-0.39, 0.29) is 35.6 Å². The highest BCUT2D eigenvalue weighted by molar-refractivity contribution is 5.95. The van der Waals surface area contributed by atoms with Crippen LogP contribution in [0.3, 0.4) is 0 Å².